The summed E-state index contributed by atoms with van der Waals surface area (Å²) >= 11 is 0. The van der Waals surface area contributed by atoms with Crippen LogP contribution in [0.3, 0.4) is 0 Å². The molecule has 1 N–H and O–H groups in total. The van der Waals surface area contributed by atoms with Gasteiger partial charge in [0.05, 0.1) is 33.0 Å². The summed E-state index contributed by atoms with van der Waals surface area (Å²) in [7, 11) is 1.68. The summed E-state index contributed by atoms with van der Waals surface area (Å²) in [5.41, 5.74) is 0. The van der Waals surface area contributed by atoms with Gasteiger partial charge >= 0.3 is 0 Å². The number of nitrogens with zero attached hydrogens (tertiary/aromatic N) is 1. The fraction of sp³-hybridized carbons (Fsp3) is 1.00. The van der Waals surface area contributed by atoms with Crippen LogP contribution in [0.1, 0.15) is 19.3 Å². The quantitative estimate of drug-likeness (QED) is 0.555. The molecule has 1 aliphatic carbocycles. The second kappa shape index (κ2) is 8.87. The summed E-state index contributed by atoms with van der Waals surface area (Å²) in [6.45, 7) is 6.85. The first-order valence-corrected chi connectivity index (χ1v) is 7.52. The molecule has 1 atom stereocenters. The van der Waals surface area contributed by atoms with Gasteiger partial charge in [-0.05, 0) is 19.3 Å². The van der Waals surface area contributed by atoms with Crippen molar-refractivity contribution in [1.29, 1.82) is 0 Å². The minimum atomic E-state index is 0.650. The molecule has 0 aromatic heterocycles. The summed E-state index contributed by atoms with van der Waals surface area (Å²) in [5.74, 6) is 0. The van der Waals surface area contributed by atoms with Gasteiger partial charge in [0.1, 0.15) is 0 Å². The van der Waals surface area contributed by atoms with Gasteiger partial charge in [-0.1, -0.05) is 0 Å². The second-order valence-corrected chi connectivity index (χ2v) is 5.38. The van der Waals surface area contributed by atoms with Crippen molar-refractivity contribution in [2.24, 2.45) is 0 Å². The van der Waals surface area contributed by atoms with Crippen LogP contribution in [0.2, 0.25) is 0 Å². The zero-order valence-corrected chi connectivity index (χ0v) is 12.1. The van der Waals surface area contributed by atoms with Gasteiger partial charge in [0.25, 0.3) is 0 Å². The van der Waals surface area contributed by atoms with Gasteiger partial charge in [-0.3, -0.25) is 4.90 Å². The Bertz CT molecular complexity index is 237. The lowest BCUT2D eigenvalue weighted by atomic mass is 10.3. The van der Waals surface area contributed by atoms with Crippen molar-refractivity contribution in [2.75, 3.05) is 59.8 Å². The smallest absolute Gasteiger partial charge is 0.0701 e. The number of nitrogens with one attached hydrogen (secondary N) is 1. The minimum absolute atomic E-state index is 0.650. The molecule has 0 bridgehead atoms. The number of ether oxygens (including phenoxy) is 3. The van der Waals surface area contributed by atoms with Crippen LogP contribution in [-0.2, 0) is 14.2 Å². The molecule has 1 unspecified atom stereocenters. The van der Waals surface area contributed by atoms with E-state index in [1.54, 1.807) is 7.11 Å². The lowest BCUT2D eigenvalue weighted by Gasteiger charge is -2.15. The first-order chi connectivity index (χ1) is 9.40. The molecule has 19 heavy (non-hydrogen) atoms. The summed E-state index contributed by atoms with van der Waals surface area (Å²) in [6, 6.07) is 1.58. The van der Waals surface area contributed by atoms with Gasteiger partial charge in [0.2, 0.25) is 0 Å². The van der Waals surface area contributed by atoms with Crippen molar-refractivity contribution in [1.82, 2.24) is 10.2 Å². The van der Waals surface area contributed by atoms with E-state index in [0.717, 1.165) is 19.2 Å². The van der Waals surface area contributed by atoms with Crippen molar-refractivity contribution >= 4 is 0 Å². The summed E-state index contributed by atoms with van der Waals surface area (Å²) in [4.78, 5) is 2.63. The number of likely N-dealkylation sites (tertiary alicyclic amines) is 1. The van der Waals surface area contributed by atoms with E-state index in [2.05, 4.69) is 10.2 Å². The second-order valence-electron chi connectivity index (χ2n) is 5.38. The molecule has 5 nitrogen and oxygen atoms in total. The van der Waals surface area contributed by atoms with E-state index in [4.69, 9.17) is 14.2 Å². The Balaban J connectivity index is 1.34. The first kappa shape index (κ1) is 15.2. The summed E-state index contributed by atoms with van der Waals surface area (Å²) < 4.78 is 15.7. The molecule has 112 valence electrons. The van der Waals surface area contributed by atoms with Crippen molar-refractivity contribution in [3.63, 3.8) is 0 Å². The predicted molar refractivity (Wildman–Crippen MR) is 74.5 cm³/mol. The molecule has 1 heterocycles. The molecule has 2 fully saturated rings. The molecule has 2 rings (SSSR count). The maximum Gasteiger partial charge on any atom is 0.0701 e. The zero-order valence-electron chi connectivity index (χ0n) is 12.1. The molecule has 2 aliphatic rings. The molecule has 0 aromatic rings. The van der Waals surface area contributed by atoms with Crippen LogP contribution < -0.4 is 5.32 Å². The van der Waals surface area contributed by atoms with Gasteiger partial charge in [0, 0.05) is 38.8 Å². The van der Waals surface area contributed by atoms with Crippen molar-refractivity contribution in [3.8, 4) is 0 Å². The zero-order chi connectivity index (χ0) is 13.3. The molecule has 0 amide bonds. The highest BCUT2D eigenvalue weighted by Crippen LogP contribution is 2.29. The van der Waals surface area contributed by atoms with E-state index >= 15 is 0 Å². The highest BCUT2D eigenvalue weighted by Gasteiger charge is 2.33. The highest BCUT2D eigenvalue weighted by molar-refractivity contribution is 4.91. The first-order valence-electron chi connectivity index (χ1n) is 7.52. The Labute approximate surface area is 116 Å². The SMILES string of the molecule is COCCOCCOCCNC1CCN(C2CC2)C1. The van der Waals surface area contributed by atoms with Gasteiger partial charge in [0.15, 0.2) is 0 Å². The van der Waals surface area contributed by atoms with E-state index in [-0.39, 0.29) is 0 Å². The van der Waals surface area contributed by atoms with Gasteiger partial charge in [-0.15, -0.1) is 0 Å². The maximum absolute atomic E-state index is 5.52. The molecule has 1 saturated carbocycles. The Morgan fingerprint density at radius 1 is 1.00 bits per heavy atom. The monoisotopic (exact) mass is 272 g/mol. The minimum Gasteiger partial charge on any atom is -0.382 e. The van der Waals surface area contributed by atoms with Crippen molar-refractivity contribution in [3.05, 3.63) is 0 Å². The number of rotatable bonds is 11. The summed E-state index contributed by atoms with van der Waals surface area (Å²) in [5, 5.41) is 3.58. The van der Waals surface area contributed by atoms with E-state index < -0.39 is 0 Å². The van der Waals surface area contributed by atoms with Gasteiger partial charge in [-0.2, -0.15) is 0 Å². The lowest BCUT2D eigenvalue weighted by Crippen LogP contribution is -2.35. The third-order valence-electron chi connectivity index (χ3n) is 3.77. The third kappa shape index (κ3) is 6.19. The predicted octanol–water partition coefficient (Wildman–Crippen LogP) is 0.492. The van der Waals surface area contributed by atoms with E-state index in [1.807, 2.05) is 0 Å². The topological polar surface area (TPSA) is 43.0 Å². The Morgan fingerprint density at radius 2 is 1.74 bits per heavy atom. The number of hydrogen-bond acceptors (Lipinski definition) is 5. The van der Waals surface area contributed by atoms with Crippen LogP contribution in [0.4, 0.5) is 0 Å². The Morgan fingerprint density at radius 3 is 2.47 bits per heavy atom. The molecule has 0 aromatic carbocycles. The maximum atomic E-state index is 5.52. The summed E-state index contributed by atoms with van der Waals surface area (Å²) in [6.07, 6.45) is 4.12. The van der Waals surface area contributed by atoms with Crippen LogP contribution >= 0.6 is 0 Å². The van der Waals surface area contributed by atoms with E-state index in [9.17, 15) is 0 Å². The molecular weight excluding hydrogens is 244 g/mol. The normalized spacial score (nSPS) is 24.2. The molecule has 0 spiro atoms. The van der Waals surface area contributed by atoms with E-state index in [1.165, 1.54) is 32.4 Å². The molecule has 1 saturated heterocycles. The van der Waals surface area contributed by atoms with Crippen LogP contribution in [-0.4, -0.2) is 76.8 Å². The Hall–Kier alpha value is -0.200. The fourth-order valence-corrected chi connectivity index (χ4v) is 2.52. The molecule has 0 radical (unpaired) electrons. The Kier molecular flexibility index (Phi) is 7.09. The largest absolute Gasteiger partial charge is 0.382 e. The number of methoxy groups -OCH3 is 1. The lowest BCUT2D eigenvalue weighted by molar-refractivity contribution is 0.0252. The van der Waals surface area contributed by atoms with Crippen LogP contribution in [0.25, 0.3) is 0 Å². The number of hydrogen-bond donors (Lipinski definition) is 1. The van der Waals surface area contributed by atoms with E-state index in [0.29, 0.717) is 32.5 Å². The fourth-order valence-electron chi connectivity index (χ4n) is 2.52. The van der Waals surface area contributed by atoms with Crippen LogP contribution in [0, 0.1) is 0 Å². The van der Waals surface area contributed by atoms with Crippen molar-refractivity contribution < 1.29 is 14.2 Å². The standard InChI is InChI=1S/C14H28N2O3/c1-17-8-9-19-11-10-18-7-5-15-13-4-6-16(12-13)14-2-3-14/h13-15H,2-12H2,1H3. The molecule has 1 aliphatic heterocycles. The van der Waals surface area contributed by atoms with Crippen LogP contribution in [0.15, 0.2) is 0 Å². The average molecular weight is 272 g/mol. The highest BCUT2D eigenvalue weighted by atomic mass is 16.5. The third-order valence-corrected chi connectivity index (χ3v) is 3.77. The molecule has 5 heteroatoms. The molecular formula is C14H28N2O3. The van der Waals surface area contributed by atoms with Crippen molar-refractivity contribution in [2.45, 2.75) is 31.3 Å². The van der Waals surface area contributed by atoms with Gasteiger partial charge < -0.3 is 19.5 Å². The van der Waals surface area contributed by atoms with Crippen LogP contribution in [0.5, 0.6) is 0 Å². The average Bonchev–Trinajstić information content (AvgIpc) is 3.17. The van der Waals surface area contributed by atoms with Gasteiger partial charge in [-0.25, -0.2) is 0 Å².